The van der Waals surface area contributed by atoms with E-state index in [1.807, 2.05) is 29.6 Å². The highest BCUT2D eigenvalue weighted by Crippen LogP contribution is 2.27. The molecule has 1 aliphatic carbocycles. The van der Waals surface area contributed by atoms with E-state index in [9.17, 15) is 4.79 Å². The third-order valence-electron chi connectivity index (χ3n) is 4.85. The van der Waals surface area contributed by atoms with Crippen molar-refractivity contribution in [2.24, 2.45) is 5.92 Å². The van der Waals surface area contributed by atoms with E-state index < -0.39 is 0 Å². The lowest BCUT2D eigenvalue weighted by molar-refractivity contribution is -0.115. The number of rotatable bonds is 7. The van der Waals surface area contributed by atoms with Gasteiger partial charge < -0.3 is 14.5 Å². The maximum atomic E-state index is 12.5. The minimum absolute atomic E-state index is 0.169. The van der Waals surface area contributed by atoms with E-state index in [0.29, 0.717) is 35.5 Å². The molecule has 0 aliphatic heterocycles. The SMILES string of the molecule is O=C(Cc1csc(-c2ccco2)n1)Nc1ncccc1OCC1CCCCC1. The Hall–Kier alpha value is -2.67. The Bertz CT molecular complexity index is 901. The molecule has 1 N–H and O–H groups in total. The number of thiazole rings is 1. The van der Waals surface area contributed by atoms with E-state index in [2.05, 4.69) is 15.3 Å². The summed E-state index contributed by atoms with van der Waals surface area (Å²) in [6.45, 7) is 0.674. The summed E-state index contributed by atoms with van der Waals surface area (Å²) in [5.41, 5.74) is 0.703. The van der Waals surface area contributed by atoms with E-state index in [4.69, 9.17) is 9.15 Å². The number of nitrogens with zero attached hydrogens (tertiary/aromatic N) is 2. The smallest absolute Gasteiger partial charge is 0.231 e. The zero-order valence-electron chi connectivity index (χ0n) is 15.6. The van der Waals surface area contributed by atoms with Gasteiger partial charge in [-0.05, 0) is 43.0 Å². The summed E-state index contributed by atoms with van der Waals surface area (Å²) in [6.07, 6.45) is 9.74. The molecule has 7 heteroatoms. The second-order valence-corrected chi connectivity index (χ2v) is 7.87. The Morgan fingerprint density at radius 1 is 1.25 bits per heavy atom. The molecular formula is C21H23N3O3S. The average molecular weight is 398 g/mol. The Labute approximate surface area is 168 Å². The Kier molecular flexibility index (Phi) is 6.01. The monoisotopic (exact) mass is 397 g/mol. The van der Waals surface area contributed by atoms with Gasteiger partial charge in [0.15, 0.2) is 22.3 Å². The summed E-state index contributed by atoms with van der Waals surface area (Å²) < 4.78 is 11.3. The van der Waals surface area contributed by atoms with Gasteiger partial charge in [0.25, 0.3) is 0 Å². The maximum absolute atomic E-state index is 12.5. The standard InChI is InChI=1S/C21H23N3O3S/c25-19(12-16-14-28-21(23-16)18-9-5-11-26-18)24-20-17(8-4-10-22-20)27-13-15-6-2-1-3-7-15/h4-5,8-11,14-15H,1-3,6-7,12-13H2,(H,22,24,25). The highest BCUT2D eigenvalue weighted by atomic mass is 32.1. The highest BCUT2D eigenvalue weighted by Gasteiger charge is 2.16. The predicted molar refractivity (Wildman–Crippen MR) is 108 cm³/mol. The minimum Gasteiger partial charge on any atom is -0.489 e. The van der Waals surface area contributed by atoms with Crippen molar-refractivity contribution < 1.29 is 13.9 Å². The molecule has 3 aromatic rings. The summed E-state index contributed by atoms with van der Waals surface area (Å²) >= 11 is 1.46. The van der Waals surface area contributed by atoms with E-state index in [0.717, 1.165) is 5.01 Å². The fourth-order valence-corrected chi connectivity index (χ4v) is 4.19. The van der Waals surface area contributed by atoms with Crippen LogP contribution >= 0.6 is 11.3 Å². The van der Waals surface area contributed by atoms with Crippen molar-refractivity contribution in [3.05, 3.63) is 47.8 Å². The Balaban J connectivity index is 1.35. The lowest BCUT2D eigenvalue weighted by Gasteiger charge is -2.22. The second kappa shape index (κ2) is 9.01. The van der Waals surface area contributed by atoms with Crippen LogP contribution in [0.2, 0.25) is 0 Å². The molecule has 0 spiro atoms. The maximum Gasteiger partial charge on any atom is 0.231 e. The second-order valence-electron chi connectivity index (χ2n) is 7.01. The van der Waals surface area contributed by atoms with Crippen LogP contribution in [0.3, 0.4) is 0 Å². The quantitative estimate of drug-likeness (QED) is 0.611. The lowest BCUT2D eigenvalue weighted by Crippen LogP contribution is -2.18. The molecule has 1 saturated carbocycles. The lowest BCUT2D eigenvalue weighted by atomic mass is 9.90. The van der Waals surface area contributed by atoms with Gasteiger partial charge in [-0.1, -0.05) is 19.3 Å². The number of carbonyl (C=O) groups is 1. The first-order valence-corrected chi connectivity index (χ1v) is 10.5. The molecule has 1 fully saturated rings. The van der Waals surface area contributed by atoms with Gasteiger partial charge in [0.1, 0.15) is 0 Å². The zero-order chi connectivity index (χ0) is 19.2. The third-order valence-corrected chi connectivity index (χ3v) is 5.76. The van der Waals surface area contributed by atoms with E-state index in [1.54, 1.807) is 12.5 Å². The van der Waals surface area contributed by atoms with Crippen molar-refractivity contribution in [1.82, 2.24) is 9.97 Å². The molecule has 0 saturated heterocycles. The molecule has 0 radical (unpaired) electrons. The van der Waals surface area contributed by atoms with Crippen molar-refractivity contribution in [1.29, 1.82) is 0 Å². The van der Waals surface area contributed by atoms with Crippen molar-refractivity contribution in [2.75, 3.05) is 11.9 Å². The normalized spacial score (nSPS) is 14.7. The number of aromatic nitrogens is 2. The molecule has 3 heterocycles. The van der Waals surface area contributed by atoms with Crippen molar-refractivity contribution in [3.8, 4) is 16.5 Å². The molecule has 4 rings (SSSR count). The summed E-state index contributed by atoms with van der Waals surface area (Å²) in [5.74, 6) is 2.21. The van der Waals surface area contributed by atoms with Crippen molar-refractivity contribution in [2.45, 2.75) is 38.5 Å². The number of hydrogen-bond donors (Lipinski definition) is 1. The highest BCUT2D eigenvalue weighted by molar-refractivity contribution is 7.13. The zero-order valence-corrected chi connectivity index (χ0v) is 16.4. The molecule has 1 aliphatic rings. The summed E-state index contributed by atoms with van der Waals surface area (Å²) in [6, 6.07) is 7.34. The van der Waals surface area contributed by atoms with Gasteiger partial charge in [-0.3, -0.25) is 4.79 Å². The van der Waals surface area contributed by atoms with E-state index in [-0.39, 0.29) is 12.3 Å². The molecule has 6 nitrogen and oxygen atoms in total. The van der Waals surface area contributed by atoms with Crippen molar-refractivity contribution in [3.63, 3.8) is 0 Å². The molecule has 0 unspecified atom stereocenters. The summed E-state index contributed by atoms with van der Waals surface area (Å²) in [7, 11) is 0. The number of ether oxygens (including phenoxy) is 1. The van der Waals surface area contributed by atoms with Gasteiger partial charge in [-0.15, -0.1) is 11.3 Å². The van der Waals surface area contributed by atoms with E-state index in [1.165, 1.54) is 43.4 Å². The van der Waals surface area contributed by atoms with Gasteiger partial charge in [-0.2, -0.15) is 0 Å². The third kappa shape index (κ3) is 4.78. The summed E-state index contributed by atoms with van der Waals surface area (Å²) in [5, 5.41) is 5.49. The molecule has 146 valence electrons. The van der Waals surface area contributed by atoms with E-state index >= 15 is 0 Å². The molecule has 0 atom stereocenters. The average Bonchev–Trinajstić information content (AvgIpc) is 3.40. The number of nitrogens with one attached hydrogen (secondary N) is 1. The van der Waals surface area contributed by atoms with Crippen LogP contribution in [-0.4, -0.2) is 22.5 Å². The van der Waals surface area contributed by atoms with Gasteiger partial charge in [0.2, 0.25) is 5.91 Å². The van der Waals surface area contributed by atoms with Gasteiger partial charge in [0.05, 0.1) is 25.0 Å². The number of hydrogen-bond acceptors (Lipinski definition) is 6. The molecule has 3 aromatic heterocycles. The fraction of sp³-hybridized carbons (Fsp3) is 0.381. The first-order valence-electron chi connectivity index (χ1n) is 9.64. The molecule has 1 amide bonds. The Morgan fingerprint density at radius 2 is 2.14 bits per heavy atom. The first-order chi connectivity index (χ1) is 13.8. The van der Waals surface area contributed by atoms with Crippen LogP contribution in [-0.2, 0) is 11.2 Å². The molecule has 0 aromatic carbocycles. The molecule has 0 bridgehead atoms. The van der Waals surface area contributed by atoms with Gasteiger partial charge >= 0.3 is 0 Å². The predicted octanol–water partition coefficient (Wildman–Crippen LogP) is 4.94. The molecule has 28 heavy (non-hydrogen) atoms. The van der Waals surface area contributed by atoms with Crippen LogP contribution in [0.1, 0.15) is 37.8 Å². The van der Waals surface area contributed by atoms with Crippen LogP contribution in [0, 0.1) is 5.92 Å². The first kappa shape index (κ1) is 18.7. The van der Waals surface area contributed by atoms with Crippen LogP contribution in [0.5, 0.6) is 5.75 Å². The summed E-state index contributed by atoms with van der Waals surface area (Å²) in [4.78, 5) is 21.2. The fourth-order valence-electron chi connectivity index (χ4n) is 3.40. The largest absolute Gasteiger partial charge is 0.489 e. The number of carbonyl (C=O) groups excluding carboxylic acids is 1. The number of furan rings is 1. The van der Waals surface area contributed by atoms with Crippen LogP contribution in [0.4, 0.5) is 5.82 Å². The number of amides is 1. The minimum atomic E-state index is -0.169. The van der Waals surface area contributed by atoms with Crippen molar-refractivity contribution >= 4 is 23.1 Å². The van der Waals surface area contributed by atoms with Crippen LogP contribution in [0.25, 0.3) is 10.8 Å². The number of pyridine rings is 1. The molecular weight excluding hydrogens is 374 g/mol. The van der Waals surface area contributed by atoms with Crippen LogP contribution < -0.4 is 10.1 Å². The van der Waals surface area contributed by atoms with Crippen LogP contribution in [0.15, 0.2) is 46.5 Å². The van der Waals surface area contributed by atoms with Gasteiger partial charge in [0, 0.05) is 11.6 Å². The van der Waals surface area contributed by atoms with Gasteiger partial charge in [-0.25, -0.2) is 9.97 Å². The number of anilines is 1. The Morgan fingerprint density at radius 3 is 2.96 bits per heavy atom. The topological polar surface area (TPSA) is 77.3 Å².